The Bertz CT molecular complexity index is 1060. The number of hydrogen-bond acceptors (Lipinski definition) is 5. The van der Waals surface area contributed by atoms with Gasteiger partial charge in [0.1, 0.15) is 0 Å². The molecule has 1 N–H and O–H groups in total. The Morgan fingerprint density at radius 2 is 1.81 bits per heavy atom. The molecule has 7 heteroatoms. The van der Waals surface area contributed by atoms with E-state index in [0.29, 0.717) is 29.0 Å². The molecular formula is C19H16N4O2S. The lowest BCUT2D eigenvalue weighted by molar-refractivity contribution is 0.0972. The van der Waals surface area contributed by atoms with Crippen LogP contribution in [0.5, 0.6) is 0 Å². The molecule has 6 nitrogen and oxygen atoms in total. The highest BCUT2D eigenvalue weighted by Gasteiger charge is 2.19. The minimum Gasteiger partial charge on any atom is -0.300 e. The number of rotatable bonds is 3. The maximum Gasteiger partial charge on any atom is 0.278 e. The van der Waals surface area contributed by atoms with Gasteiger partial charge in [0.15, 0.2) is 10.9 Å². The first-order chi connectivity index (χ1) is 12.7. The molecule has 1 amide bonds. The Balaban J connectivity index is 1.79. The van der Waals surface area contributed by atoms with Crippen LogP contribution in [0.1, 0.15) is 16.1 Å². The molecule has 0 atom stereocenters. The smallest absolute Gasteiger partial charge is 0.278 e. The lowest BCUT2D eigenvalue weighted by Crippen LogP contribution is -2.32. The van der Waals surface area contributed by atoms with Gasteiger partial charge < -0.3 is 0 Å². The molecule has 1 aromatic heterocycles. The van der Waals surface area contributed by atoms with Crippen molar-refractivity contribution in [3.05, 3.63) is 76.2 Å². The van der Waals surface area contributed by atoms with Crippen LogP contribution in [0, 0.1) is 0 Å². The van der Waals surface area contributed by atoms with Gasteiger partial charge in [-0.2, -0.15) is 5.10 Å². The van der Waals surface area contributed by atoms with Crippen molar-refractivity contribution < 1.29 is 4.79 Å². The van der Waals surface area contributed by atoms with Gasteiger partial charge in [-0.05, 0) is 11.6 Å². The van der Waals surface area contributed by atoms with Gasteiger partial charge in [0.05, 0.1) is 18.5 Å². The number of hydrogen-bond donors (Lipinski definition) is 1. The zero-order valence-corrected chi connectivity index (χ0v) is 14.7. The van der Waals surface area contributed by atoms with Gasteiger partial charge in [-0.15, -0.1) is 0 Å². The molecule has 2 aromatic carbocycles. The summed E-state index contributed by atoms with van der Waals surface area (Å²) < 4.78 is 1.34. The highest BCUT2D eigenvalue weighted by atomic mass is 32.2. The van der Waals surface area contributed by atoms with Gasteiger partial charge in [-0.1, -0.05) is 60.3 Å². The zero-order chi connectivity index (χ0) is 17.9. The van der Waals surface area contributed by atoms with Gasteiger partial charge in [-0.25, -0.2) is 4.68 Å². The van der Waals surface area contributed by atoms with Gasteiger partial charge in [0.25, 0.3) is 11.5 Å². The Morgan fingerprint density at radius 1 is 1.08 bits per heavy atom. The molecule has 0 saturated heterocycles. The van der Waals surface area contributed by atoms with Crippen molar-refractivity contribution in [1.82, 2.24) is 15.1 Å². The molecule has 0 saturated carbocycles. The fourth-order valence-electron chi connectivity index (χ4n) is 2.83. The molecule has 3 aromatic rings. The zero-order valence-electron chi connectivity index (χ0n) is 13.9. The third-order valence-electron chi connectivity index (χ3n) is 4.06. The largest absolute Gasteiger partial charge is 0.300 e. The van der Waals surface area contributed by atoms with E-state index < -0.39 is 0 Å². The second kappa shape index (κ2) is 7.13. The Labute approximate surface area is 153 Å². The number of nitrogens with one attached hydrogen (secondary N) is 1. The average molecular weight is 364 g/mol. The van der Waals surface area contributed by atoms with Gasteiger partial charge in [0.2, 0.25) is 0 Å². The van der Waals surface area contributed by atoms with Crippen LogP contribution in [0.3, 0.4) is 0 Å². The van der Waals surface area contributed by atoms with Crippen LogP contribution in [-0.2, 0) is 6.54 Å². The van der Waals surface area contributed by atoms with Crippen molar-refractivity contribution in [2.45, 2.75) is 6.54 Å². The molecule has 0 unspecified atom stereocenters. The Kier molecular flexibility index (Phi) is 4.53. The number of carbonyl (C=O) groups excluding carboxylic acids is 1. The Hall–Kier alpha value is -2.93. The highest BCUT2D eigenvalue weighted by molar-refractivity contribution is 8.14. The van der Waals surface area contributed by atoms with Crippen LogP contribution < -0.4 is 10.9 Å². The van der Waals surface area contributed by atoms with Crippen LogP contribution in [0.15, 0.2) is 64.4 Å². The molecule has 0 radical (unpaired) electrons. The first-order valence-electron chi connectivity index (χ1n) is 8.25. The monoisotopic (exact) mass is 364 g/mol. The summed E-state index contributed by atoms with van der Waals surface area (Å²) in [6.45, 7) is 1.00. The summed E-state index contributed by atoms with van der Waals surface area (Å²) in [5.74, 6) is 0.508. The second-order valence-corrected chi connectivity index (χ2v) is 6.92. The summed E-state index contributed by atoms with van der Waals surface area (Å²) >= 11 is 1.50. The standard InChI is InChI=1S/C19H16N4O2S/c24-17(21-19-20-10-11-26-19)16-14-8-4-5-9-15(14)18(25)23(22-16)12-13-6-2-1-3-7-13/h1-9H,10-12H2,(H,20,21,24). The number of aromatic nitrogens is 2. The normalized spacial score (nSPS) is 13.6. The van der Waals surface area contributed by atoms with E-state index in [1.54, 1.807) is 24.3 Å². The van der Waals surface area contributed by atoms with E-state index >= 15 is 0 Å². The molecule has 26 heavy (non-hydrogen) atoms. The molecular weight excluding hydrogens is 348 g/mol. The highest BCUT2D eigenvalue weighted by Crippen LogP contribution is 2.15. The number of benzene rings is 2. The first-order valence-corrected chi connectivity index (χ1v) is 9.23. The van der Waals surface area contributed by atoms with Crippen molar-refractivity contribution >= 4 is 33.6 Å². The predicted molar refractivity (Wildman–Crippen MR) is 104 cm³/mol. The van der Waals surface area contributed by atoms with Crippen LogP contribution in [0.4, 0.5) is 0 Å². The molecule has 0 spiro atoms. The number of thioether (sulfide) groups is 1. The second-order valence-electron chi connectivity index (χ2n) is 5.83. The molecule has 1 aliphatic rings. The van der Waals surface area contributed by atoms with Crippen LogP contribution in [-0.4, -0.2) is 33.2 Å². The van der Waals surface area contributed by atoms with Crippen molar-refractivity contribution in [2.24, 2.45) is 4.99 Å². The lowest BCUT2D eigenvalue weighted by Gasteiger charge is -2.11. The van der Waals surface area contributed by atoms with Crippen LogP contribution in [0.2, 0.25) is 0 Å². The number of fused-ring (bicyclic) bond motifs is 1. The van der Waals surface area contributed by atoms with E-state index in [2.05, 4.69) is 15.4 Å². The summed E-state index contributed by atoms with van der Waals surface area (Å²) in [7, 11) is 0. The molecule has 0 fully saturated rings. The Morgan fingerprint density at radius 3 is 2.54 bits per heavy atom. The van der Waals surface area contributed by atoms with E-state index in [9.17, 15) is 9.59 Å². The van der Waals surface area contributed by atoms with Gasteiger partial charge >= 0.3 is 0 Å². The number of carbonyl (C=O) groups is 1. The van der Waals surface area contributed by atoms with Crippen molar-refractivity contribution in [1.29, 1.82) is 0 Å². The van der Waals surface area contributed by atoms with Crippen molar-refractivity contribution in [3.63, 3.8) is 0 Å². The maximum atomic E-state index is 12.8. The number of aliphatic imine (C=N–C) groups is 1. The van der Waals surface area contributed by atoms with E-state index in [-0.39, 0.29) is 17.2 Å². The van der Waals surface area contributed by atoms with Crippen molar-refractivity contribution in [3.8, 4) is 0 Å². The molecule has 2 heterocycles. The summed E-state index contributed by atoms with van der Waals surface area (Å²) in [5.41, 5.74) is 0.958. The summed E-state index contributed by atoms with van der Waals surface area (Å²) in [4.78, 5) is 29.8. The molecule has 0 aliphatic carbocycles. The third-order valence-corrected chi connectivity index (χ3v) is 4.96. The molecule has 1 aliphatic heterocycles. The van der Waals surface area contributed by atoms with E-state index in [0.717, 1.165) is 11.3 Å². The number of amidine groups is 1. The van der Waals surface area contributed by atoms with Gasteiger partial charge in [-0.3, -0.25) is 19.9 Å². The predicted octanol–water partition coefficient (Wildman–Crippen LogP) is 2.28. The number of amides is 1. The molecule has 130 valence electrons. The summed E-state index contributed by atoms with van der Waals surface area (Å²) in [5, 5.41) is 8.78. The first kappa shape index (κ1) is 16.5. The SMILES string of the molecule is O=C(NC1=NCCS1)c1nn(Cc2ccccc2)c(=O)c2ccccc12. The summed E-state index contributed by atoms with van der Waals surface area (Å²) in [6.07, 6.45) is 0. The summed E-state index contributed by atoms with van der Waals surface area (Å²) in [6, 6.07) is 16.6. The van der Waals surface area contributed by atoms with E-state index in [1.165, 1.54) is 16.4 Å². The fourth-order valence-corrected chi connectivity index (χ4v) is 3.56. The van der Waals surface area contributed by atoms with Crippen LogP contribution >= 0.6 is 11.8 Å². The van der Waals surface area contributed by atoms with E-state index in [1.807, 2.05) is 30.3 Å². The molecule has 4 rings (SSSR count). The van der Waals surface area contributed by atoms with Crippen molar-refractivity contribution in [2.75, 3.05) is 12.3 Å². The average Bonchev–Trinajstić information content (AvgIpc) is 3.18. The quantitative estimate of drug-likeness (QED) is 0.774. The lowest BCUT2D eigenvalue weighted by atomic mass is 10.1. The van der Waals surface area contributed by atoms with Gasteiger partial charge in [0, 0.05) is 11.1 Å². The van der Waals surface area contributed by atoms with Crippen LogP contribution in [0.25, 0.3) is 10.8 Å². The maximum absolute atomic E-state index is 12.8. The number of nitrogens with zero attached hydrogens (tertiary/aromatic N) is 3. The third kappa shape index (κ3) is 3.25. The topological polar surface area (TPSA) is 76.3 Å². The fraction of sp³-hybridized carbons (Fsp3) is 0.158. The minimum absolute atomic E-state index is 0.214. The van der Waals surface area contributed by atoms with E-state index in [4.69, 9.17) is 0 Å². The minimum atomic E-state index is -0.351. The molecule has 0 bridgehead atoms.